The Labute approximate surface area is 94.6 Å². The van der Waals surface area contributed by atoms with Crippen molar-refractivity contribution < 1.29 is 0 Å². The Kier molecular flexibility index (Phi) is 6.22. The van der Waals surface area contributed by atoms with Crippen LogP contribution in [0.2, 0.25) is 0 Å². The van der Waals surface area contributed by atoms with E-state index < -0.39 is 0 Å². The lowest BCUT2D eigenvalue weighted by Crippen LogP contribution is -2.41. The van der Waals surface area contributed by atoms with Crippen molar-refractivity contribution >= 4 is 0 Å². The molecule has 0 bridgehead atoms. The first-order valence-electron chi connectivity index (χ1n) is 6.33. The van der Waals surface area contributed by atoms with Crippen molar-refractivity contribution in [1.29, 1.82) is 0 Å². The molecule has 1 aliphatic rings. The van der Waals surface area contributed by atoms with Gasteiger partial charge < -0.3 is 10.6 Å². The molecule has 3 heteroatoms. The SMILES string of the molecule is CN(C)CCCN1CCCCCC1CN. The molecule has 0 amide bonds. The van der Waals surface area contributed by atoms with Gasteiger partial charge in [0.1, 0.15) is 0 Å². The van der Waals surface area contributed by atoms with Crippen LogP contribution >= 0.6 is 0 Å². The second kappa shape index (κ2) is 7.20. The quantitative estimate of drug-likeness (QED) is 0.743. The van der Waals surface area contributed by atoms with Crippen molar-refractivity contribution in [2.45, 2.75) is 38.1 Å². The normalized spacial score (nSPS) is 24.4. The van der Waals surface area contributed by atoms with Crippen LogP contribution in [0.4, 0.5) is 0 Å². The van der Waals surface area contributed by atoms with Crippen molar-refractivity contribution in [3.8, 4) is 0 Å². The molecular formula is C12H27N3. The monoisotopic (exact) mass is 213 g/mol. The molecule has 0 aromatic carbocycles. The zero-order chi connectivity index (χ0) is 11.1. The van der Waals surface area contributed by atoms with Crippen LogP contribution in [0.3, 0.4) is 0 Å². The van der Waals surface area contributed by atoms with Crippen LogP contribution in [0.15, 0.2) is 0 Å². The number of nitrogens with two attached hydrogens (primary N) is 1. The summed E-state index contributed by atoms with van der Waals surface area (Å²) in [6.07, 6.45) is 6.69. The molecule has 1 fully saturated rings. The molecule has 1 unspecified atom stereocenters. The Morgan fingerprint density at radius 2 is 2.07 bits per heavy atom. The number of rotatable bonds is 5. The van der Waals surface area contributed by atoms with E-state index in [0.717, 1.165) is 6.54 Å². The van der Waals surface area contributed by atoms with Gasteiger partial charge in [0.25, 0.3) is 0 Å². The molecule has 0 aliphatic carbocycles. The van der Waals surface area contributed by atoms with Gasteiger partial charge in [0.15, 0.2) is 0 Å². The number of likely N-dealkylation sites (tertiary alicyclic amines) is 1. The van der Waals surface area contributed by atoms with E-state index in [-0.39, 0.29) is 0 Å². The van der Waals surface area contributed by atoms with Gasteiger partial charge in [0.2, 0.25) is 0 Å². The highest BCUT2D eigenvalue weighted by Crippen LogP contribution is 2.16. The molecule has 1 atom stereocenters. The number of nitrogens with zero attached hydrogens (tertiary/aromatic N) is 2. The summed E-state index contributed by atoms with van der Waals surface area (Å²) in [6.45, 7) is 4.51. The van der Waals surface area contributed by atoms with Crippen LogP contribution < -0.4 is 5.73 Å². The van der Waals surface area contributed by atoms with Crippen molar-refractivity contribution in [2.75, 3.05) is 40.3 Å². The van der Waals surface area contributed by atoms with Crippen LogP contribution in [0.1, 0.15) is 32.1 Å². The molecule has 0 saturated carbocycles. The Balaban J connectivity index is 2.28. The molecule has 2 N–H and O–H groups in total. The fourth-order valence-corrected chi connectivity index (χ4v) is 2.39. The molecule has 0 aromatic rings. The van der Waals surface area contributed by atoms with Gasteiger partial charge in [0.05, 0.1) is 0 Å². The molecule has 3 nitrogen and oxygen atoms in total. The van der Waals surface area contributed by atoms with Gasteiger partial charge in [-0.3, -0.25) is 4.90 Å². The number of hydrogen-bond acceptors (Lipinski definition) is 3. The standard InChI is InChI=1S/C12H27N3/c1-14(2)8-6-10-15-9-5-3-4-7-12(15)11-13/h12H,3-11,13H2,1-2H3. The van der Waals surface area contributed by atoms with Crippen molar-refractivity contribution in [3.63, 3.8) is 0 Å². The maximum absolute atomic E-state index is 5.84. The average molecular weight is 213 g/mol. The largest absolute Gasteiger partial charge is 0.329 e. The molecule has 1 aliphatic heterocycles. The summed E-state index contributed by atoms with van der Waals surface area (Å²) in [5, 5.41) is 0. The minimum Gasteiger partial charge on any atom is -0.329 e. The summed E-state index contributed by atoms with van der Waals surface area (Å²) < 4.78 is 0. The molecule has 1 heterocycles. The molecule has 0 spiro atoms. The molecule has 0 aromatic heterocycles. The molecule has 0 radical (unpaired) electrons. The Bertz CT molecular complexity index is 159. The summed E-state index contributed by atoms with van der Waals surface area (Å²) in [4.78, 5) is 4.87. The summed E-state index contributed by atoms with van der Waals surface area (Å²) >= 11 is 0. The van der Waals surface area contributed by atoms with E-state index in [1.165, 1.54) is 51.7 Å². The lowest BCUT2D eigenvalue weighted by Gasteiger charge is -2.29. The highest BCUT2D eigenvalue weighted by molar-refractivity contribution is 4.76. The fraction of sp³-hybridized carbons (Fsp3) is 1.00. The van der Waals surface area contributed by atoms with E-state index in [1.807, 2.05) is 0 Å². The number of hydrogen-bond donors (Lipinski definition) is 1. The zero-order valence-electron chi connectivity index (χ0n) is 10.4. The second-order valence-corrected chi connectivity index (χ2v) is 4.93. The van der Waals surface area contributed by atoms with E-state index in [2.05, 4.69) is 23.9 Å². The van der Waals surface area contributed by atoms with E-state index in [1.54, 1.807) is 0 Å². The molecule has 1 rings (SSSR count). The van der Waals surface area contributed by atoms with Crippen LogP contribution in [-0.2, 0) is 0 Å². The third-order valence-electron chi connectivity index (χ3n) is 3.32. The average Bonchev–Trinajstić information content (AvgIpc) is 2.42. The Morgan fingerprint density at radius 3 is 2.73 bits per heavy atom. The van der Waals surface area contributed by atoms with Crippen molar-refractivity contribution in [2.24, 2.45) is 5.73 Å². The highest BCUT2D eigenvalue weighted by atomic mass is 15.2. The topological polar surface area (TPSA) is 32.5 Å². The molecule has 15 heavy (non-hydrogen) atoms. The molecule has 90 valence electrons. The summed E-state index contributed by atoms with van der Waals surface area (Å²) in [6, 6.07) is 0.648. The van der Waals surface area contributed by atoms with Gasteiger partial charge in [0, 0.05) is 12.6 Å². The van der Waals surface area contributed by atoms with Gasteiger partial charge in [-0.2, -0.15) is 0 Å². The summed E-state index contributed by atoms with van der Waals surface area (Å²) in [5.74, 6) is 0. The second-order valence-electron chi connectivity index (χ2n) is 4.93. The van der Waals surface area contributed by atoms with E-state index in [9.17, 15) is 0 Å². The van der Waals surface area contributed by atoms with E-state index >= 15 is 0 Å². The predicted octanol–water partition coefficient (Wildman–Crippen LogP) is 1.14. The fourth-order valence-electron chi connectivity index (χ4n) is 2.39. The van der Waals surface area contributed by atoms with Gasteiger partial charge in [-0.1, -0.05) is 12.8 Å². The first kappa shape index (κ1) is 12.9. The lowest BCUT2D eigenvalue weighted by atomic mass is 10.1. The van der Waals surface area contributed by atoms with E-state index in [4.69, 9.17) is 5.73 Å². The van der Waals surface area contributed by atoms with Crippen LogP contribution in [-0.4, -0.2) is 56.1 Å². The third-order valence-corrected chi connectivity index (χ3v) is 3.32. The minimum absolute atomic E-state index is 0.648. The minimum atomic E-state index is 0.648. The van der Waals surface area contributed by atoms with E-state index in [0.29, 0.717) is 6.04 Å². The van der Waals surface area contributed by atoms with Crippen LogP contribution in [0.25, 0.3) is 0 Å². The van der Waals surface area contributed by atoms with Gasteiger partial charge in [-0.05, 0) is 53.0 Å². The van der Waals surface area contributed by atoms with Gasteiger partial charge >= 0.3 is 0 Å². The third kappa shape index (κ3) is 4.96. The smallest absolute Gasteiger partial charge is 0.0218 e. The lowest BCUT2D eigenvalue weighted by molar-refractivity contribution is 0.194. The Morgan fingerprint density at radius 1 is 1.27 bits per heavy atom. The zero-order valence-corrected chi connectivity index (χ0v) is 10.4. The first-order valence-corrected chi connectivity index (χ1v) is 6.33. The molecular weight excluding hydrogens is 186 g/mol. The summed E-state index contributed by atoms with van der Waals surface area (Å²) in [7, 11) is 4.28. The maximum atomic E-state index is 5.84. The molecule has 1 saturated heterocycles. The van der Waals surface area contributed by atoms with Crippen molar-refractivity contribution in [1.82, 2.24) is 9.80 Å². The first-order chi connectivity index (χ1) is 7.24. The van der Waals surface area contributed by atoms with Crippen LogP contribution in [0.5, 0.6) is 0 Å². The Hall–Kier alpha value is -0.120. The highest BCUT2D eigenvalue weighted by Gasteiger charge is 2.18. The summed E-state index contributed by atoms with van der Waals surface area (Å²) in [5.41, 5.74) is 5.84. The van der Waals surface area contributed by atoms with Crippen molar-refractivity contribution in [3.05, 3.63) is 0 Å². The van der Waals surface area contributed by atoms with Gasteiger partial charge in [-0.15, -0.1) is 0 Å². The predicted molar refractivity (Wildman–Crippen MR) is 66.1 cm³/mol. The van der Waals surface area contributed by atoms with Gasteiger partial charge in [-0.25, -0.2) is 0 Å². The van der Waals surface area contributed by atoms with Crippen LogP contribution in [0, 0.1) is 0 Å². The maximum Gasteiger partial charge on any atom is 0.0218 e.